The second-order valence-corrected chi connectivity index (χ2v) is 6.71. The topological polar surface area (TPSA) is 116 Å². The number of nitrogens with zero attached hydrogens (tertiary/aromatic N) is 4. The van der Waals surface area contributed by atoms with Crippen LogP contribution in [0.2, 0.25) is 0 Å². The molecule has 0 unspecified atom stereocenters. The summed E-state index contributed by atoms with van der Waals surface area (Å²) < 4.78 is 0. The van der Waals surface area contributed by atoms with Gasteiger partial charge in [0, 0.05) is 24.7 Å². The molecule has 0 atom stereocenters. The number of benzene rings is 1. The number of nitro groups is 1. The number of nitriles is 1. The highest BCUT2D eigenvalue weighted by Gasteiger charge is 2.23. The van der Waals surface area contributed by atoms with Crippen molar-refractivity contribution in [2.75, 3.05) is 24.2 Å². The summed E-state index contributed by atoms with van der Waals surface area (Å²) in [4.78, 5) is 32.1. The highest BCUT2D eigenvalue weighted by Crippen LogP contribution is 2.34. The van der Waals surface area contributed by atoms with Gasteiger partial charge in [-0.25, -0.2) is 4.98 Å². The number of rotatable bonds is 4. The summed E-state index contributed by atoms with van der Waals surface area (Å²) in [5.41, 5.74) is 0.365. The fourth-order valence-electron chi connectivity index (χ4n) is 3.08. The molecule has 1 aliphatic heterocycles. The lowest BCUT2D eigenvalue weighted by Crippen LogP contribution is -2.29. The van der Waals surface area contributed by atoms with Crippen LogP contribution in [0.25, 0.3) is 11.3 Å². The van der Waals surface area contributed by atoms with E-state index < -0.39 is 10.5 Å². The Morgan fingerprint density at radius 2 is 2.08 bits per heavy atom. The van der Waals surface area contributed by atoms with Gasteiger partial charge in [-0.05, 0) is 31.6 Å². The molecule has 134 valence electrons. The molecule has 9 heteroatoms. The Kier molecular flexibility index (Phi) is 5.23. The molecule has 1 aliphatic rings. The zero-order valence-electron chi connectivity index (χ0n) is 14.2. The van der Waals surface area contributed by atoms with Crippen LogP contribution in [0.4, 0.5) is 11.4 Å². The molecular formula is C17H17N5O3S. The second kappa shape index (κ2) is 7.58. The largest absolute Gasteiger partial charge is 0.366 e. The average Bonchev–Trinajstić information content (AvgIpc) is 2.67. The van der Waals surface area contributed by atoms with Crippen molar-refractivity contribution in [1.29, 1.82) is 5.26 Å². The van der Waals surface area contributed by atoms with Gasteiger partial charge < -0.3 is 9.88 Å². The minimum atomic E-state index is -0.551. The smallest absolute Gasteiger partial charge is 0.293 e. The number of nitrogens with one attached hydrogen (secondary N) is 1. The van der Waals surface area contributed by atoms with Crippen LogP contribution in [-0.4, -0.2) is 34.2 Å². The van der Waals surface area contributed by atoms with Crippen LogP contribution < -0.4 is 10.5 Å². The first-order valence-corrected chi connectivity index (χ1v) is 9.39. The van der Waals surface area contributed by atoms with Crippen molar-refractivity contribution in [1.82, 2.24) is 9.97 Å². The third-order valence-electron chi connectivity index (χ3n) is 4.35. The van der Waals surface area contributed by atoms with Crippen molar-refractivity contribution < 1.29 is 4.92 Å². The number of thioether (sulfide) groups is 1. The van der Waals surface area contributed by atoms with Crippen LogP contribution in [0.15, 0.2) is 28.2 Å². The first-order valence-electron chi connectivity index (χ1n) is 8.17. The predicted octanol–water partition coefficient (Wildman–Crippen LogP) is 2.93. The lowest BCUT2D eigenvalue weighted by Gasteiger charge is -2.28. The highest BCUT2D eigenvalue weighted by molar-refractivity contribution is 7.98. The molecule has 1 aromatic carbocycles. The van der Waals surface area contributed by atoms with Crippen LogP contribution >= 0.6 is 11.8 Å². The molecule has 1 fully saturated rings. The maximum absolute atomic E-state index is 12.1. The van der Waals surface area contributed by atoms with E-state index in [9.17, 15) is 20.2 Å². The van der Waals surface area contributed by atoms with Crippen LogP contribution in [0.5, 0.6) is 0 Å². The van der Waals surface area contributed by atoms with E-state index in [2.05, 4.69) is 9.97 Å². The van der Waals surface area contributed by atoms with E-state index in [0.29, 0.717) is 16.4 Å². The van der Waals surface area contributed by atoms with Gasteiger partial charge in [-0.2, -0.15) is 5.26 Å². The van der Waals surface area contributed by atoms with Gasteiger partial charge in [0.05, 0.1) is 10.6 Å². The molecule has 1 N–H and O–H groups in total. The van der Waals surface area contributed by atoms with Crippen LogP contribution in [0.1, 0.15) is 24.8 Å². The molecule has 0 spiro atoms. The molecule has 2 aromatic rings. The number of aromatic nitrogens is 2. The summed E-state index contributed by atoms with van der Waals surface area (Å²) in [6, 6.07) is 6.61. The molecule has 26 heavy (non-hydrogen) atoms. The lowest BCUT2D eigenvalue weighted by molar-refractivity contribution is -0.384. The summed E-state index contributed by atoms with van der Waals surface area (Å²) in [5.74, 6) is 0. The van der Waals surface area contributed by atoms with Crippen molar-refractivity contribution in [2.45, 2.75) is 24.4 Å². The SMILES string of the molecule is CSc1nc(-c2ccc(N3CCCCC3)c([N+](=O)[O-])c2)c(C#N)c(=O)[nH]1. The first-order chi connectivity index (χ1) is 12.5. The average molecular weight is 371 g/mol. The summed E-state index contributed by atoms with van der Waals surface area (Å²) in [7, 11) is 0. The van der Waals surface area contributed by atoms with E-state index in [-0.39, 0.29) is 16.9 Å². The number of piperidine rings is 1. The van der Waals surface area contributed by atoms with E-state index in [1.807, 2.05) is 11.0 Å². The molecule has 0 bridgehead atoms. The molecule has 0 radical (unpaired) electrons. The van der Waals surface area contributed by atoms with Crippen molar-refractivity contribution >= 4 is 23.1 Å². The highest BCUT2D eigenvalue weighted by atomic mass is 32.2. The van der Waals surface area contributed by atoms with E-state index in [1.165, 1.54) is 17.8 Å². The molecule has 1 saturated heterocycles. The van der Waals surface area contributed by atoms with Crippen LogP contribution in [0.3, 0.4) is 0 Å². The standard InChI is InChI=1S/C17H17N5O3S/c1-26-17-19-15(12(10-18)16(23)20-17)11-5-6-13(14(9-11)22(24)25)21-7-3-2-4-8-21/h5-6,9H,2-4,7-8H2,1H3,(H,19,20,23). The number of aromatic amines is 1. The van der Waals surface area contributed by atoms with Crippen LogP contribution in [0, 0.1) is 21.4 Å². The Bertz CT molecular complexity index is 944. The number of anilines is 1. The van der Waals surface area contributed by atoms with Gasteiger partial charge in [-0.15, -0.1) is 0 Å². The number of H-pyrrole nitrogens is 1. The van der Waals surface area contributed by atoms with Crippen molar-refractivity contribution in [2.24, 2.45) is 0 Å². The Labute approximate surface area is 154 Å². The van der Waals surface area contributed by atoms with E-state index in [0.717, 1.165) is 32.4 Å². The van der Waals surface area contributed by atoms with E-state index in [1.54, 1.807) is 18.4 Å². The zero-order chi connectivity index (χ0) is 18.7. The van der Waals surface area contributed by atoms with E-state index >= 15 is 0 Å². The monoisotopic (exact) mass is 371 g/mol. The van der Waals surface area contributed by atoms with Gasteiger partial charge in [0.1, 0.15) is 17.3 Å². The molecule has 3 rings (SSSR count). The Morgan fingerprint density at radius 3 is 2.69 bits per heavy atom. The zero-order valence-corrected chi connectivity index (χ0v) is 15.0. The Balaban J connectivity index is 2.14. The van der Waals surface area contributed by atoms with Gasteiger partial charge in [-0.1, -0.05) is 17.8 Å². The fourth-order valence-corrected chi connectivity index (χ4v) is 3.46. The normalized spacial score (nSPS) is 14.1. The molecule has 0 aliphatic carbocycles. The lowest BCUT2D eigenvalue weighted by atomic mass is 10.0. The maximum Gasteiger partial charge on any atom is 0.293 e. The predicted molar refractivity (Wildman–Crippen MR) is 99.5 cm³/mol. The quantitative estimate of drug-likeness (QED) is 0.380. The number of nitro benzene ring substituents is 1. The molecule has 0 saturated carbocycles. The van der Waals surface area contributed by atoms with Gasteiger partial charge >= 0.3 is 0 Å². The Hall–Kier alpha value is -2.86. The molecule has 1 aromatic heterocycles. The van der Waals surface area contributed by atoms with Gasteiger partial charge in [-0.3, -0.25) is 14.9 Å². The van der Waals surface area contributed by atoms with Crippen LogP contribution in [-0.2, 0) is 0 Å². The Morgan fingerprint density at radius 1 is 1.35 bits per heavy atom. The maximum atomic E-state index is 12.1. The third-order valence-corrected chi connectivity index (χ3v) is 4.93. The minimum Gasteiger partial charge on any atom is -0.366 e. The fraction of sp³-hybridized carbons (Fsp3) is 0.353. The van der Waals surface area contributed by atoms with Gasteiger partial charge in [0.2, 0.25) is 0 Å². The van der Waals surface area contributed by atoms with E-state index in [4.69, 9.17) is 0 Å². The molecule has 2 heterocycles. The summed E-state index contributed by atoms with van der Waals surface area (Å²) in [5, 5.41) is 21.3. The van der Waals surface area contributed by atoms with Crippen molar-refractivity contribution in [3.05, 3.63) is 44.2 Å². The summed E-state index contributed by atoms with van der Waals surface area (Å²) in [6.07, 6.45) is 4.88. The second-order valence-electron chi connectivity index (χ2n) is 5.92. The summed E-state index contributed by atoms with van der Waals surface area (Å²) in [6.45, 7) is 1.56. The molecule has 0 amide bonds. The summed E-state index contributed by atoms with van der Waals surface area (Å²) >= 11 is 1.23. The van der Waals surface area contributed by atoms with Crippen molar-refractivity contribution in [3.63, 3.8) is 0 Å². The molecule has 8 nitrogen and oxygen atoms in total. The first kappa shape index (κ1) is 17.9. The third kappa shape index (κ3) is 3.41. The van der Waals surface area contributed by atoms with Gasteiger partial charge in [0.25, 0.3) is 11.2 Å². The number of hydrogen-bond donors (Lipinski definition) is 1. The number of hydrogen-bond acceptors (Lipinski definition) is 7. The van der Waals surface area contributed by atoms with Crippen molar-refractivity contribution in [3.8, 4) is 17.3 Å². The minimum absolute atomic E-state index is 0.0407. The molecular weight excluding hydrogens is 354 g/mol. The van der Waals surface area contributed by atoms with Gasteiger partial charge in [0.15, 0.2) is 5.16 Å².